The summed E-state index contributed by atoms with van der Waals surface area (Å²) in [6.07, 6.45) is 0.776. The minimum absolute atomic E-state index is 0.00255. The molecule has 156 valence electrons. The van der Waals surface area contributed by atoms with Crippen molar-refractivity contribution in [2.24, 2.45) is 0 Å². The van der Waals surface area contributed by atoms with E-state index in [1.165, 1.54) is 13.0 Å². The summed E-state index contributed by atoms with van der Waals surface area (Å²) in [5, 5.41) is 6.80. The molecule has 0 spiro atoms. The summed E-state index contributed by atoms with van der Waals surface area (Å²) in [7, 11) is 0. The first kappa shape index (κ1) is 20.0. The van der Waals surface area contributed by atoms with Crippen molar-refractivity contribution in [3.05, 3.63) is 59.5 Å². The zero-order chi connectivity index (χ0) is 21.1. The molecule has 0 aliphatic carbocycles. The minimum Gasteiger partial charge on any atom is -0.434 e. The van der Waals surface area contributed by atoms with Gasteiger partial charge in [0, 0.05) is 25.7 Å². The third-order valence-electron chi connectivity index (χ3n) is 4.83. The molecular formula is C21H20F2N4O3. The second-order valence-electron chi connectivity index (χ2n) is 6.97. The number of anilines is 1. The van der Waals surface area contributed by atoms with Gasteiger partial charge in [0.2, 0.25) is 17.6 Å². The van der Waals surface area contributed by atoms with E-state index in [9.17, 15) is 13.6 Å². The molecule has 3 aromatic rings. The number of amides is 1. The molecule has 0 atom stereocenters. The number of para-hydroxylation sites is 1. The number of carbonyl (C=O) groups excluding carboxylic acids is 1. The van der Waals surface area contributed by atoms with Crippen molar-refractivity contribution in [3.8, 4) is 17.1 Å². The van der Waals surface area contributed by atoms with E-state index >= 15 is 0 Å². The van der Waals surface area contributed by atoms with Crippen molar-refractivity contribution in [2.45, 2.75) is 33.0 Å². The maximum Gasteiger partial charge on any atom is 0.387 e. The molecule has 0 bridgehead atoms. The molecule has 1 aromatic heterocycles. The van der Waals surface area contributed by atoms with Gasteiger partial charge in [-0.05, 0) is 35.7 Å². The molecule has 9 heteroatoms. The zero-order valence-electron chi connectivity index (χ0n) is 16.3. The number of aromatic nitrogens is 2. The zero-order valence-corrected chi connectivity index (χ0v) is 16.3. The number of rotatable bonds is 6. The first-order valence-electron chi connectivity index (χ1n) is 9.47. The summed E-state index contributed by atoms with van der Waals surface area (Å²) in [6, 6.07) is 12.2. The van der Waals surface area contributed by atoms with Crippen LogP contribution < -0.4 is 10.1 Å². The SMILES string of the molecule is CC(=O)Nc1cccc2c1CCN(Cc1nc(-c3ccccc3OC(F)F)no1)C2. The quantitative estimate of drug-likeness (QED) is 0.660. The fourth-order valence-electron chi connectivity index (χ4n) is 3.58. The molecular weight excluding hydrogens is 394 g/mol. The Bertz CT molecular complexity index is 1050. The van der Waals surface area contributed by atoms with E-state index in [0.717, 1.165) is 29.8 Å². The number of hydrogen-bond donors (Lipinski definition) is 1. The Labute approximate surface area is 171 Å². The van der Waals surface area contributed by atoms with Crippen LogP contribution in [0.1, 0.15) is 23.9 Å². The molecule has 7 nitrogen and oxygen atoms in total. The Morgan fingerprint density at radius 1 is 1.27 bits per heavy atom. The van der Waals surface area contributed by atoms with Crippen LogP contribution in [0.25, 0.3) is 11.4 Å². The average Bonchev–Trinajstić information content (AvgIpc) is 3.16. The van der Waals surface area contributed by atoms with Gasteiger partial charge in [-0.25, -0.2) is 0 Å². The van der Waals surface area contributed by atoms with Crippen LogP contribution in [0.3, 0.4) is 0 Å². The normalized spacial score (nSPS) is 13.9. The van der Waals surface area contributed by atoms with Crippen molar-refractivity contribution in [3.63, 3.8) is 0 Å². The number of fused-ring (bicyclic) bond motifs is 1. The van der Waals surface area contributed by atoms with Gasteiger partial charge >= 0.3 is 6.61 Å². The molecule has 2 heterocycles. The van der Waals surface area contributed by atoms with E-state index in [4.69, 9.17) is 4.52 Å². The molecule has 1 aliphatic heterocycles. The fraction of sp³-hybridized carbons (Fsp3) is 0.286. The number of carbonyl (C=O) groups is 1. The second-order valence-corrected chi connectivity index (χ2v) is 6.97. The molecule has 1 amide bonds. The lowest BCUT2D eigenvalue weighted by atomic mass is 9.97. The molecule has 30 heavy (non-hydrogen) atoms. The number of hydrogen-bond acceptors (Lipinski definition) is 6. The monoisotopic (exact) mass is 414 g/mol. The maximum absolute atomic E-state index is 12.6. The molecule has 0 fully saturated rings. The van der Waals surface area contributed by atoms with Crippen LogP contribution in [0.2, 0.25) is 0 Å². The highest BCUT2D eigenvalue weighted by Crippen LogP contribution is 2.30. The Kier molecular flexibility index (Phi) is 5.71. The van der Waals surface area contributed by atoms with Crippen molar-refractivity contribution < 1.29 is 22.8 Å². The number of benzene rings is 2. The molecule has 4 rings (SSSR count). The lowest BCUT2D eigenvalue weighted by molar-refractivity contribution is -0.114. The number of nitrogens with one attached hydrogen (secondary N) is 1. The van der Waals surface area contributed by atoms with Crippen LogP contribution >= 0.6 is 0 Å². The molecule has 0 radical (unpaired) electrons. The van der Waals surface area contributed by atoms with Crippen LogP contribution in [0.4, 0.5) is 14.5 Å². The standard InChI is InChI=1S/C21H20F2N4O3/c1-13(28)24-17-7-4-5-14-11-27(10-9-15(14)17)12-19-25-20(26-30-19)16-6-2-3-8-18(16)29-21(22)23/h2-8,21H,9-12H2,1H3,(H,24,28). The van der Waals surface area contributed by atoms with Gasteiger partial charge in [0.15, 0.2) is 0 Å². The predicted molar refractivity (Wildman–Crippen MR) is 105 cm³/mol. The first-order chi connectivity index (χ1) is 14.5. The Morgan fingerprint density at radius 3 is 2.90 bits per heavy atom. The van der Waals surface area contributed by atoms with E-state index in [1.807, 2.05) is 18.2 Å². The van der Waals surface area contributed by atoms with Crippen molar-refractivity contribution >= 4 is 11.6 Å². The molecule has 2 aromatic carbocycles. The average molecular weight is 414 g/mol. The number of alkyl halides is 2. The lowest BCUT2D eigenvalue weighted by Crippen LogP contribution is -2.30. The van der Waals surface area contributed by atoms with Gasteiger partial charge in [0.1, 0.15) is 5.75 Å². The van der Waals surface area contributed by atoms with E-state index in [2.05, 4.69) is 25.1 Å². The van der Waals surface area contributed by atoms with Gasteiger partial charge in [-0.15, -0.1) is 0 Å². The lowest BCUT2D eigenvalue weighted by Gasteiger charge is -2.28. The van der Waals surface area contributed by atoms with E-state index in [0.29, 0.717) is 24.5 Å². The van der Waals surface area contributed by atoms with Gasteiger partial charge in [0.05, 0.1) is 12.1 Å². The number of ether oxygens (including phenoxy) is 1. The fourth-order valence-corrected chi connectivity index (χ4v) is 3.58. The number of halogens is 2. The molecule has 0 saturated heterocycles. The van der Waals surface area contributed by atoms with Gasteiger partial charge < -0.3 is 14.6 Å². The Balaban J connectivity index is 1.48. The summed E-state index contributed by atoms with van der Waals surface area (Å²) >= 11 is 0. The van der Waals surface area contributed by atoms with Crippen LogP contribution in [0.15, 0.2) is 47.0 Å². The highest BCUT2D eigenvalue weighted by molar-refractivity contribution is 5.89. The molecule has 0 saturated carbocycles. The van der Waals surface area contributed by atoms with Gasteiger partial charge in [-0.2, -0.15) is 13.8 Å². The largest absolute Gasteiger partial charge is 0.434 e. The third kappa shape index (κ3) is 4.46. The van der Waals surface area contributed by atoms with E-state index in [-0.39, 0.29) is 17.5 Å². The second kappa shape index (κ2) is 8.58. The van der Waals surface area contributed by atoms with Crippen molar-refractivity contribution in [1.82, 2.24) is 15.0 Å². The molecule has 0 unspecified atom stereocenters. The smallest absolute Gasteiger partial charge is 0.387 e. The van der Waals surface area contributed by atoms with Gasteiger partial charge in [0.25, 0.3) is 0 Å². The number of nitrogens with zero attached hydrogens (tertiary/aromatic N) is 3. The first-order valence-corrected chi connectivity index (χ1v) is 9.47. The van der Waals surface area contributed by atoms with E-state index < -0.39 is 6.61 Å². The van der Waals surface area contributed by atoms with Crippen LogP contribution in [0.5, 0.6) is 5.75 Å². The predicted octanol–water partition coefficient (Wildman–Crippen LogP) is 3.85. The summed E-state index contributed by atoms with van der Waals surface area (Å²) in [5.74, 6) is 0.488. The van der Waals surface area contributed by atoms with Gasteiger partial charge in [-0.1, -0.05) is 29.4 Å². The highest BCUT2D eigenvalue weighted by Gasteiger charge is 2.22. The van der Waals surface area contributed by atoms with Crippen molar-refractivity contribution in [2.75, 3.05) is 11.9 Å². The molecule has 1 aliphatic rings. The van der Waals surface area contributed by atoms with Crippen molar-refractivity contribution in [1.29, 1.82) is 0 Å². The topological polar surface area (TPSA) is 80.5 Å². The minimum atomic E-state index is -2.94. The summed E-state index contributed by atoms with van der Waals surface area (Å²) in [4.78, 5) is 17.9. The van der Waals surface area contributed by atoms with Crippen LogP contribution in [0, 0.1) is 0 Å². The summed E-state index contributed by atoms with van der Waals surface area (Å²) < 4.78 is 35.2. The van der Waals surface area contributed by atoms with E-state index in [1.54, 1.807) is 18.2 Å². The Morgan fingerprint density at radius 2 is 2.10 bits per heavy atom. The third-order valence-corrected chi connectivity index (χ3v) is 4.83. The Hall–Kier alpha value is -3.33. The van der Waals surface area contributed by atoms with Gasteiger partial charge in [-0.3, -0.25) is 9.69 Å². The maximum atomic E-state index is 12.6. The summed E-state index contributed by atoms with van der Waals surface area (Å²) in [6.45, 7) is 0.409. The highest BCUT2D eigenvalue weighted by atomic mass is 19.3. The molecule has 1 N–H and O–H groups in total. The van der Waals surface area contributed by atoms with Crippen LogP contribution in [-0.2, 0) is 24.3 Å². The van der Waals surface area contributed by atoms with Crippen LogP contribution in [-0.4, -0.2) is 34.1 Å². The summed E-state index contributed by atoms with van der Waals surface area (Å²) in [5.41, 5.74) is 3.45.